The monoisotopic (exact) mass is 585 g/mol. The molecule has 40 heavy (non-hydrogen) atoms. The number of hydrogen-bond acceptors (Lipinski definition) is 5. The van der Waals surface area contributed by atoms with E-state index in [4.69, 9.17) is 16.3 Å². The molecular formula is C30H36ClN3O5S. The molecule has 0 saturated heterocycles. The topological polar surface area (TPSA) is 96.0 Å². The fourth-order valence-corrected chi connectivity index (χ4v) is 5.56. The summed E-state index contributed by atoms with van der Waals surface area (Å²) in [7, 11) is -2.69. The molecule has 0 aliphatic carbocycles. The third kappa shape index (κ3) is 7.99. The van der Waals surface area contributed by atoms with Crippen LogP contribution in [0.5, 0.6) is 5.75 Å². The highest BCUT2D eigenvalue weighted by Crippen LogP contribution is 2.27. The van der Waals surface area contributed by atoms with Crippen molar-refractivity contribution in [2.75, 3.05) is 24.5 Å². The molecule has 3 aromatic rings. The Hall–Kier alpha value is -3.56. The lowest BCUT2D eigenvalue weighted by atomic mass is 10.1. The molecule has 3 aromatic carbocycles. The van der Waals surface area contributed by atoms with Gasteiger partial charge in [0.05, 0.1) is 17.7 Å². The van der Waals surface area contributed by atoms with Gasteiger partial charge in [0.25, 0.3) is 10.0 Å². The maximum Gasteiger partial charge on any atom is 0.264 e. The van der Waals surface area contributed by atoms with Crippen molar-refractivity contribution >= 4 is 39.1 Å². The Morgan fingerprint density at radius 2 is 1.60 bits per heavy atom. The fraction of sp³-hybridized carbons (Fsp3) is 0.333. The summed E-state index contributed by atoms with van der Waals surface area (Å²) < 4.78 is 33.9. The molecule has 10 heteroatoms. The number of sulfonamides is 1. The number of ether oxygens (including phenoxy) is 1. The summed E-state index contributed by atoms with van der Waals surface area (Å²) in [4.78, 5) is 28.3. The Labute approximate surface area is 241 Å². The first kappa shape index (κ1) is 31.0. The molecule has 0 spiro atoms. The Morgan fingerprint density at radius 3 is 2.17 bits per heavy atom. The number of aryl methyl sites for hydroxylation is 1. The second-order valence-electron chi connectivity index (χ2n) is 9.49. The third-order valence-electron chi connectivity index (χ3n) is 6.51. The SMILES string of the molecule is CCCCNC(=O)C(C)N(Cc1ccc(C)cc1)C(=O)CN(c1ccc(Cl)cc1)S(=O)(=O)c1ccc(OC)cc1. The lowest BCUT2D eigenvalue weighted by molar-refractivity contribution is -0.139. The van der Waals surface area contributed by atoms with E-state index in [1.807, 2.05) is 38.1 Å². The highest BCUT2D eigenvalue weighted by atomic mass is 35.5. The van der Waals surface area contributed by atoms with Crippen molar-refractivity contribution in [3.05, 3.63) is 88.9 Å². The number of rotatable bonds is 13. The van der Waals surface area contributed by atoms with E-state index in [0.717, 1.165) is 28.3 Å². The van der Waals surface area contributed by atoms with Crippen molar-refractivity contribution in [1.29, 1.82) is 0 Å². The van der Waals surface area contributed by atoms with Gasteiger partial charge in [-0.1, -0.05) is 54.8 Å². The van der Waals surface area contributed by atoms with Crippen LogP contribution >= 0.6 is 11.6 Å². The first-order valence-electron chi connectivity index (χ1n) is 13.1. The number of nitrogens with zero attached hydrogens (tertiary/aromatic N) is 2. The van der Waals surface area contributed by atoms with Crippen LogP contribution in [0.25, 0.3) is 0 Å². The van der Waals surface area contributed by atoms with E-state index in [2.05, 4.69) is 5.32 Å². The molecule has 2 amide bonds. The molecule has 1 N–H and O–H groups in total. The van der Waals surface area contributed by atoms with E-state index in [0.29, 0.717) is 17.3 Å². The molecule has 0 bridgehead atoms. The summed E-state index contributed by atoms with van der Waals surface area (Å²) in [6, 6.07) is 19.0. The molecule has 1 atom stereocenters. The van der Waals surface area contributed by atoms with Gasteiger partial charge in [0.1, 0.15) is 18.3 Å². The number of methoxy groups -OCH3 is 1. The summed E-state index contributed by atoms with van der Waals surface area (Å²) in [5, 5.41) is 3.31. The molecule has 8 nitrogen and oxygen atoms in total. The molecule has 0 heterocycles. The predicted molar refractivity (Wildman–Crippen MR) is 158 cm³/mol. The second kappa shape index (κ2) is 14.2. The van der Waals surface area contributed by atoms with Crippen molar-refractivity contribution in [1.82, 2.24) is 10.2 Å². The average Bonchev–Trinajstić information content (AvgIpc) is 2.95. The molecule has 3 rings (SSSR count). The maximum atomic E-state index is 13.9. The minimum Gasteiger partial charge on any atom is -0.497 e. The van der Waals surface area contributed by atoms with Crippen LogP contribution < -0.4 is 14.4 Å². The number of halogens is 1. The Bertz CT molecular complexity index is 1380. The summed E-state index contributed by atoms with van der Waals surface area (Å²) in [6.45, 7) is 5.75. The molecule has 0 saturated carbocycles. The van der Waals surface area contributed by atoms with Gasteiger partial charge in [-0.05, 0) is 74.4 Å². The summed E-state index contributed by atoms with van der Waals surface area (Å²) in [5.41, 5.74) is 2.15. The molecule has 0 aliphatic rings. The van der Waals surface area contributed by atoms with Gasteiger partial charge in [-0.15, -0.1) is 0 Å². The number of benzene rings is 3. The lowest BCUT2D eigenvalue weighted by Crippen LogP contribution is -2.51. The summed E-state index contributed by atoms with van der Waals surface area (Å²) in [6.07, 6.45) is 1.73. The molecule has 214 valence electrons. The number of amides is 2. The normalized spacial score (nSPS) is 11.9. The largest absolute Gasteiger partial charge is 0.497 e. The van der Waals surface area contributed by atoms with Crippen LogP contribution in [-0.4, -0.2) is 51.4 Å². The lowest BCUT2D eigenvalue weighted by Gasteiger charge is -2.32. The van der Waals surface area contributed by atoms with Crippen LogP contribution in [0.15, 0.2) is 77.7 Å². The van der Waals surface area contributed by atoms with Gasteiger partial charge < -0.3 is 15.0 Å². The van der Waals surface area contributed by atoms with Gasteiger partial charge in [-0.25, -0.2) is 8.42 Å². The summed E-state index contributed by atoms with van der Waals surface area (Å²) >= 11 is 6.07. The Morgan fingerprint density at radius 1 is 0.975 bits per heavy atom. The van der Waals surface area contributed by atoms with Gasteiger partial charge in [0.15, 0.2) is 0 Å². The number of carbonyl (C=O) groups excluding carboxylic acids is 2. The predicted octanol–water partition coefficient (Wildman–Crippen LogP) is 5.19. The van der Waals surface area contributed by atoms with Gasteiger partial charge in [0, 0.05) is 18.1 Å². The van der Waals surface area contributed by atoms with Gasteiger partial charge >= 0.3 is 0 Å². The van der Waals surface area contributed by atoms with Crippen LogP contribution in [0.1, 0.15) is 37.8 Å². The van der Waals surface area contributed by atoms with E-state index >= 15 is 0 Å². The van der Waals surface area contributed by atoms with Crippen molar-refractivity contribution in [2.45, 2.75) is 51.1 Å². The molecule has 0 aromatic heterocycles. The number of nitrogens with one attached hydrogen (secondary N) is 1. The quantitative estimate of drug-likeness (QED) is 0.279. The fourth-order valence-electron chi connectivity index (χ4n) is 4.02. The van der Waals surface area contributed by atoms with E-state index in [-0.39, 0.29) is 23.0 Å². The first-order valence-corrected chi connectivity index (χ1v) is 14.9. The zero-order valence-corrected chi connectivity index (χ0v) is 24.8. The van der Waals surface area contributed by atoms with Gasteiger partial charge in [-0.3, -0.25) is 13.9 Å². The van der Waals surface area contributed by atoms with Crippen LogP contribution in [0, 0.1) is 6.92 Å². The van der Waals surface area contributed by atoms with Gasteiger partial charge in [0.2, 0.25) is 11.8 Å². The van der Waals surface area contributed by atoms with Crippen molar-refractivity contribution in [3.8, 4) is 5.75 Å². The number of carbonyl (C=O) groups is 2. The second-order valence-corrected chi connectivity index (χ2v) is 11.8. The standard InChI is InChI=1S/C30H36ClN3O5S/c1-5-6-19-32-30(36)23(3)33(20-24-9-7-22(2)8-10-24)29(35)21-34(26-13-11-25(31)12-14-26)40(37,38)28-17-15-27(39-4)16-18-28/h7-18,23H,5-6,19-21H2,1-4H3,(H,32,36). The molecule has 0 radical (unpaired) electrons. The number of hydrogen-bond donors (Lipinski definition) is 1. The highest BCUT2D eigenvalue weighted by molar-refractivity contribution is 7.92. The van der Waals surface area contributed by atoms with Crippen molar-refractivity contribution in [2.24, 2.45) is 0 Å². The van der Waals surface area contributed by atoms with E-state index in [9.17, 15) is 18.0 Å². The third-order valence-corrected chi connectivity index (χ3v) is 8.55. The minimum absolute atomic E-state index is 0.00788. The molecule has 0 aliphatic heterocycles. The Kier molecular flexibility index (Phi) is 11.0. The van der Waals surface area contributed by atoms with Gasteiger partial charge in [-0.2, -0.15) is 0 Å². The van der Waals surface area contributed by atoms with Crippen LogP contribution in [0.4, 0.5) is 5.69 Å². The van der Waals surface area contributed by atoms with E-state index < -0.39 is 28.5 Å². The molecule has 0 fully saturated rings. The van der Waals surface area contributed by atoms with Crippen LogP contribution in [0.3, 0.4) is 0 Å². The number of anilines is 1. The van der Waals surface area contributed by atoms with Crippen LogP contribution in [-0.2, 0) is 26.2 Å². The summed E-state index contributed by atoms with van der Waals surface area (Å²) in [5.74, 6) is -0.323. The van der Waals surface area contributed by atoms with E-state index in [1.54, 1.807) is 43.3 Å². The maximum absolute atomic E-state index is 13.9. The molecular weight excluding hydrogens is 550 g/mol. The Balaban J connectivity index is 1.99. The highest BCUT2D eigenvalue weighted by Gasteiger charge is 2.32. The van der Waals surface area contributed by atoms with E-state index in [1.165, 1.54) is 24.1 Å². The first-order chi connectivity index (χ1) is 19.1. The van der Waals surface area contributed by atoms with Crippen LogP contribution in [0.2, 0.25) is 5.02 Å². The van der Waals surface area contributed by atoms with Crippen molar-refractivity contribution < 1.29 is 22.7 Å². The van der Waals surface area contributed by atoms with Crippen molar-refractivity contribution in [3.63, 3.8) is 0 Å². The molecule has 1 unspecified atom stereocenters. The smallest absolute Gasteiger partial charge is 0.264 e. The zero-order chi connectivity index (χ0) is 29.3. The number of unbranched alkanes of at least 4 members (excludes halogenated alkanes) is 1. The average molecular weight is 586 g/mol. The minimum atomic E-state index is -4.18. The zero-order valence-electron chi connectivity index (χ0n) is 23.3.